The van der Waals surface area contributed by atoms with Gasteiger partial charge in [0.05, 0.1) is 11.5 Å². The van der Waals surface area contributed by atoms with Gasteiger partial charge in [-0.3, -0.25) is 0 Å². The van der Waals surface area contributed by atoms with Crippen LogP contribution in [0.15, 0.2) is 53.4 Å². The molecule has 0 bridgehead atoms. The van der Waals surface area contributed by atoms with E-state index in [0.717, 1.165) is 18.4 Å². The Kier molecular flexibility index (Phi) is 6.40. The maximum Gasteiger partial charge on any atom is 0.240 e. The first-order valence-electron chi connectivity index (χ1n) is 8.22. The summed E-state index contributed by atoms with van der Waals surface area (Å²) in [7, 11) is -3.52. The number of hydrogen-bond acceptors (Lipinski definition) is 3. The zero-order valence-corrected chi connectivity index (χ0v) is 15.3. The molecule has 1 N–H and O–H groups in total. The molecule has 0 spiro atoms. The van der Waals surface area contributed by atoms with Crippen LogP contribution in [0.3, 0.4) is 0 Å². The van der Waals surface area contributed by atoms with Crippen molar-refractivity contribution >= 4 is 10.0 Å². The van der Waals surface area contributed by atoms with Gasteiger partial charge in [0.15, 0.2) is 0 Å². The van der Waals surface area contributed by atoms with Crippen LogP contribution in [0.1, 0.15) is 31.4 Å². The zero-order chi connectivity index (χ0) is 17.6. The lowest BCUT2D eigenvalue weighted by Crippen LogP contribution is -2.33. The van der Waals surface area contributed by atoms with Crippen LogP contribution in [0.25, 0.3) is 0 Å². The highest BCUT2D eigenvalue weighted by Crippen LogP contribution is 2.22. The maximum atomic E-state index is 12.5. The molecule has 2 rings (SSSR count). The summed E-state index contributed by atoms with van der Waals surface area (Å²) in [6.07, 6.45) is 1.59. The van der Waals surface area contributed by atoms with Crippen molar-refractivity contribution in [3.8, 4) is 5.75 Å². The number of rotatable bonds is 8. The number of nitrogens with one attached hydrogen (secondary N) is 1. The summed E-state index contributed by atoms with van der Waals surface area (Å²) in [5, 5.41) is 0. The smallest absolute Gasteiger partial charge is 0.240 e. The molecule has 0 amide bonds. The van der Waals surface area contributed by atoms with E-state index in [-0.39, 0.29) is 10.9 Å². The van der Waals surface area contributed by atoms with Gasteiger partial charge in [-0.25, -0.2) is 13.1 Å². The fourth-order valence-electron chi connectivity index (χ4n) is 2.53. The highest BCUT2D eigenvalue weighted by atomic mass is 32.2. The van der Waals surface area contributed by atoms with Crippen molar-refractivity contribution in [3.05, 3.63) is 59.7 Å². The summed E-state index contributed by atoms with van der Waals surface area (Å²) in [6.45, 7) is 6.20. The lowest BCUT2D eigenvalue weighted by atomic mass is 10.1. The van der Waals surface area contributed by atoms with Crippen LogP contribution in [0.2, 0.25) is 0 Å². The SMILES string of the molecule is CCOc1ccc(S(=O)(=O)N[C@H](C)CCc2ccccc2)cc1C. The van der Waals surface area contributed by atoms with Crippen LogP contribution in [0.5, 0.6) is 5.75 Å². The Hall–Kier alpha value is -1.85. The zero-order valence-electron chi connectivity index (χ0n) is 14.5. The summed E-state index contributed by atoms with van der Waals surface area (Å²) in [5.74, 6) is 0.716. The lowest BCUT2D eigenvalue weighted by Gasteiger charge is -2.15. The molecule has 0 fully saturated rings. The number of benzene rings is 2. The molecule has 24 heavy (non-hydrogen) atoms. The third kappa shape index (κ3) is 5.08. The van der Waals surface area contributed by atoms with Crippen LogP contribution in [0.4, 0.5) is 0 Å². The Labute approximate surface area is 144 Å². The molecular weight excluding hydrogens is 322 g/mol. The molecule has 5 heteroatoms. The van der Waals surface area contributed by atoms with E-state index in [1.54, 1.807) is 18.2 Å². The van der Waals surface area contributed by atoms with Crippen molar-refractivity contribution in [2.24, 2.45) is 0 Å². The third-order valence-electron chi connectivity index (χ3n) is 3.82. The van der Waals surface area contributed by atoms with Crippen molar-refractivity contribution < 1.29 is 13.2 Å². The van der Waals surface area contributed by atoms with Gasteiger partial charge >= 0.3 is 0 Å². The highest BCUT2D eigenvalue weighted by Gasteiger charge is 2.18. The minimum absolute atomic E-state index is 0.137. The molecule has 0 saturated heterocycles. The van der Waals surface area contributed by atoms with E-state index in [4.69, 9.17) is 4.74 Å². The first-order chi connectivity index (χ1) is 11.4. The molecule has 0 unspecified atom stereocenters. The summed E-state index contributed by atoms with van der Waals surface area (Å²) >= 11 is 0. The van der Waals surface area contributed by atoms with E-state index in [9.17, 15) is 8.42 Å². The van der Waals surface area contributed by atoms with Gasteiger partial charge < -0.3 is 4.74 Å². The van der Waals surface area contributed by atoms with Gasteiger partial charge in [0.2, 0.25) is 10.0 Å². The molecular formula is C19H25NO3S. The van der Waals surface area contributed by atoms with Gasteiger partial charge in [-0.15, -0.1) is 0 Å². The Morgan fingerprint density at radius 1 is 1.12 bits per heavy atom. The minimum atomic E-state index is -3.52. The predicted molar refractivity (Wildman–Crippen MR) is 96.9 cm³/mol. The Bertz CT molecular complexity index is 757. The quantitative estimate of drug-likeness (QED) is 0.792. The topological polar surface area (TPSA) is 55.4 Å². The molecule has 2 aromatic carbocycles. The Morgan fingerprint density at radius 2 is 1.83 bits per heavy atom. The molecule has 0 radical (unpaired) electrons. The average molecular weight is 347 g/mol. The van der Waals surface area contributed by atoms with Gasteiger partial charge in [0.1, 0.15) is 5.75 Å². The number of sulfonamides is 1. The highest BCUT2D eigenvalue weighted by molar-refractivity contribution is 7.89. The lowest BCUT2D eigenvalue weighted by molar-refractivity contribution is 0.337. The van der Waals surface area contributed by atoms with Gasteiger partial charge in [-0.1, -0.05) is 30.3 Å². The first-order valence-corrected chi connectivity index (χ1v) is 9.70. The second-order valence-corrected chi connectivity index (χ2v) is 7.62. The van der Waals surface area contributed by atoms with Crippen molar-refractivity contribution in [1.29, 1.82) is 0 Å². The van der Waals surface area contributed by atoms with Crippen LogP contribution in [-0.4, -0.2) is 21.1 Å². The molecule has 2 aromatic rings. The fourth-order valence-corrected chi connectivity index (χ4v) is 3.89. The Balaban J connectivity index is 2.01. The largest absolute Gasteiger partial charge is 0.494 e. The molecule has 1 atom stereocenters. The number of ether oxygens (including phenoxy) is 1. The summed E-state index contributed by atoms with van der Waals surface area (Å²) in [6, 6.07) is 14.9. The van der Waals surface area contributed by atoms with Crippen molar-refractivity contribution in [2.45, 2.75) is 44.6 Å². The second kappa shape index (κ2) is 8.31. The van der Waals surface area contributed by atoms with E-state index in [1.807, 2.05) is 39.0 Å². The monoisotopic (exact) mass is 347 g/mol. The summed E-state index contributed by atoms with van der Waals surface area (Å²) in [4.78, 5) is 0.273. The van der Waals surface area contributed by atoms with Gasteiger partial charge in [0.25, 0.3) is 0 Å². The molecule has 0 aromatic heterocycles. The molecule has 0 heterocycles. The molecule has 0 aliphatic rings. The van der Waals surface area contributed by atoms with Crippen LogP contribution < -0.4 is 9.46 Å². The maximum absolute atomic E-state index is 12.5. The predicted octanol–water partition coefficient (Wildman–Crippen LogP) is 3.69. The molecule has 4 nitrogen and oxygen atoms in total. The summed E-state index contributed by atoms with van der Waals surface area (Å²) in [5.41, 5.74) is 2.03. The molecule has 130 valence electrons. The van der Waals surface area contributed by atoms with E-state index in [0.29, 0.717) is 12.4 Å². The van der Waals surface area contributed by atoms with Crippen molar-refractivity contribution in [2.75, 3.05) is 6.61 Å². The van der Waals surface area contributed by atoms with E-state index < -0.39 is 10.0 Å². The van der Waals surface area contributed by atoms with Crippen LogP contribution in [0, 0.1) is 6.92 Å². The average Bonchev–Trinajstić information content (AvgIpc) is 2.55. The van der Waals surface area contributed by atoms with Gasteiger partial charge in [-0.05, 0) is 62.9 Å². The fraction of sp³-hybridized carbons (Fsp3) is 0.368. The molecule has 0 aliphatic heterocycles. The molecule has 0 aliphatic carbocycles. The summed E-state index contributed by atoms with van der Waals surface area (Å²) < 4.78 is 33.3. The van der Waals surface area contributed by atoms with E-state index >= 15 is 0 Å². The van der Waals surface area contributed by atoms with E-state index in [2.05, 4.69) is 16.9 Å². The molecule has 0 saturated carbocycles. The number of hydrogen-bond donors (Lipinski definition) is 1. The van der Waals surface area contributed by atoms with Crippen LogP contribution in [-0.2, 0) is 16.4 Å². The standard InChI is InChI=1S/C19H25NO3S/c1-4-23-19-13-12-18(14-15(19)2)24(21,22)20-16(3)10-11-17-8-6-5-7-9-17/h5-9,12-14,16,20H,4,10-11H2,1-3H3/t16-/m1/s1. The minimum Gasteiger partial charge on any atom is -0.494 e. The van der Waals surface area contributed by atoms with Crippen molar-refractivity contribution in [3.63, 3.8) is 0 Å². The van der Waals surface area contributed by atoms with E-state index in [1.165, 1.54) is 5.56 Å². The third-order valence-corrected chi connectivity index (χ3v) is 5.41. The first kappa shape index (κ1) is 18.5. The second-order valence-electron chi connectivity index (χ2n) is 5.91. The number of aryl methyl sites for hydroxylation is 2. The normalized spacial score (nSPS) is 12.8. The van der Waals surface area contributed by atoms with Crippen LogP contribution >= 0.6 is 0 Å². The van der Waals surface area contributed by atoms with Crippen molar-refractivity contribution in [1.82, 2.24) is 4.72 Å². The van der Waals surface area contributed by atoms with Gasteiger partial charge in [0, 0.05) is 6.04 Å². The van der Waals surface area contributed by atoms with Gasteiger partial charge in [-0.2, -0.15) is 0 Å². The Morgan fingerprint density at radius 3 is 2.46 bits per heavy atom.